The van der Waals surface area contributed by atoms with Crippen molar-refractivity contribution in [2.45, 2.75) is 6.92 Å². The summed E-state index contributed by atoms with van der Waals surface area (Å²) in [6.07, 6.45) is 1.65. The van der Waals surface area contributed by atoms with E-state index in [1.807, 2.05) is 13.0 Å². The SMILES string of the molecule is CCOc1ccccc1C(=O)Nc1ncc(Br)s1. The first-order valence-corrected chi connectivity index (χ1v) is 6.96. The molecule has 1 aromatic carbocycles. The first-order chi connectivity index (χ1) is 8.70. The predicted octanol–water partition coefficient (Wildman–Crippen LogP) is 3.56. The van der Waals surface area contributed by atoms with E-state index in [-0.39, 0.29) is 5.91 Å². The van der Waals surface area contributed by atoms with Crippen molar-refractivity contribution in [3.8, 4) is 5.75 Å². The van der Waals surface area contributed by atoms with Crippen molar-refractivity contribution in [1.82, 2.24) is 4.98 Å². The summed E-state index contributed by atoms with van der Waals surface area (Å²) in [4.78, 5) is 16.1. The van der Waals surface area contributed by atoms with Gasteiger partial charge in [-0.3, -0.25) is 10.1 Å². The largest absolute Gasteiger partial charge is 0.493 e. The molecule has 0 aliphatic carbocycles. The highest BCUT2D eigenvalue weighted by atomic mass is 79.9. The number of para-hydroxylation sites is 1. The highest BCUT2D eigenvalue weighted by molar-refractivity contribution is 9.11. The molecule has 0 aliphatic heterocycles. The second-order valence-electron chi connectivity index (χ2n) is 3.35. The lowest BCUT2D eigenvalue weighted by Crippen LogP contribution is -2.13. The molecule has 1 heterocycles. The summed E-state index contributed by atoms with van der Waals surface area (Å²) in [6, 6.07) is 7.14. The monoisotopic (exact) mass is 326 g/mol. The molecule has 1 amide bonds. The van der Waals surface area contributed by atoms with Gasteiger partial charge >= 0.3 is 0 Å². The summed E-state index contributed by atoms with van der Waals surface area (Å²) in [5.41, 5.74) is 0.505. The summed E-state index contributed by atoms with van der Waals surface area (Å²) in [6.45, 7) is 2.40. The number of thiazole rings is 1. The minimum absolute atomic E-state index is 0.221. The smallest absolute Gasteiger partial charge is 0.261 e. The Hall–Kier alpha value is -1.40. The summed E-state index contributed by atoms with van der Waals surface area (Å²) in [5.74, 6) is 0.356. The van der Waals surface area contributed by atoms with Crippen LogP contribution in [-0.2, 0) is 0 Å². The van der Waals surface area contributed by atoms with Crippen molar-refractivity contribution >= 4 is 38.3 Å². The number of anilines is 1. The number of carbonyl (C=O) groups excluding carboxylic acids is 1. The molecule has 0 atom stereocenters. The predicted molar refractivity (Wildman–Crippen MR) is 75.4 cm³/mol. The topological polar surface area (TPSA) is 51.2 Å². The van der Waals surface area contributed by atoms with E-state index in [9.17, 15) is 4.79 Å². The lowest BCUT2D eigenvalue weighted by Gasteiger charge is -2.08. The molecule has 18 heavy (non-hydrogen) atoms. The van der Waals surface area contributed by atoms with E-state index >= 15 is 0 Å². The molecule has 4 nitrogen and oxygen atoms in total. The molecule has 0 aliphatic rings. The van der Waals surface area contributed by atoms with Gasteiger partial charge in [-0.15, -0.1) is 0 Å². The Morgan fingerprint density at radius 3 is 2.94 bits per heavy atom. The van der Waals surface area contributed by atoms with E-state index < -0.39 is 0 Å². The van der Waals surface area contributed by atoms with Crippen molar-refractivity contribution in [3.05, 3.63) is 39.8 Å². The van der Waals surface area contributed by atoms with Gasteiger partial charge in [-0.2, -0.15) is 0 Å². The van der Waals surface area contributed by atoms with Crippen LogP contribution in [0.5, 0.6) is 5.75 Å². The van der Waals surface area contributed by atoms with Crippen LogP contribution in [0.15, 0.2) is 34.2 Å². The number of nitrogens with one attached hydrogen (secondary N) is 1. The van der Waals surface area contributed by atoms with Crippen LogP contribution in [-0.4, -0.2) is 17.5 Å². The van der Waals surface area contributed by atoms with Crippen LogP contribution in [0.1, 0.15) is 17.3 Å². The van der Waals surface area contributed by atoms with E-state index in [0.717, 1.165) is 3.79 Å². The van der Waals surface area contributed by atoms with Gasteiger partial charge in [0, 0.05) is 0 Å². The highest BCUT2D eigenvalue weighted by Gasteiger charge is 2.13. The lowest BCUT2D eigenvalue weighted by molar-refractivity contribution is 0.102. The number of aromatic nitrogens is 1. The maximum Gasteiger partial charge on any atom is 0.261 e. The van der Waals surface area contributed by atoms with E-state index in [1.165, 1.54) is 11.3 Å². The average Bonchev–Trinajstić information content (AvgIpc) is 2.76. The second kappa shape index (κ2) is 5.97. The van der Waals surface area contributed by atoms with Crippen LogP contribution in [0.3, 0.4) is 0 Å². The van der Waals surface area contributed by atoms with Crippen LogP contribution < -0.4 is 10.1 Å². The Morgan fingerprint density at radius 1 is 1.50 bits per heavy atom. The molecular weight excluding hydrogens is 316 g/mol. The molecular formula is C12H11BrN2O2S. The molecule has 2 aromatic rings. The van der Waals surface area contributed by atoms with E-state index in [2.05, 4.69) is 26.2 Å². The molecule has 0 bridgehead atoms. The maximum atomic E-state index is 12.1. The quantitative estimate of drug-likeness (QED) is 0.934. The number of amides is 1. The summed E-state index contributed by atoms with van der Waals surface area (Å²) in [7, 11) is 0. The fourth-order valence-electron chi connectivity index (χ4n) is 1.41. The number of halogens is 1. The van der Waals surface area contributed by atoms with Crippen molar-refractivity contribution in [2.24, 2.45) is 0 Å². The molecule has 0 spiro atoms. The van der Waals surface area contributed by atoms with Gasteiger partial charge in [-0.05, 0) is 35.0 Å². The minimum Gasteiger partial charge on any atom is -0.493 e. The molecule has 0 saturated carbocycles. The summed E-state index contributed by atoms with van der Waals surface area (Å²) in [5, 5.41) is 3.29. The van der Waals surface area contributed by atoms with E-state index in [1.54, 1.807) is 24.4 Å². The summed E-state index contributed by atoms with van der Waals surface area (Å²) >= 11 is 4.66. The number of ether oxygens (including phenoxy) is 1. The van der Waals surface area contributed by atoms with Crippen LogP contribution >= 0.6 is 27.3 Å². The number of nitrogens with zero attached hydrogens (tertiary/aromatic N) is 1. The van der Waals surface area contributed by atoms with Gasteiger partial charge in [0.05, 0.1) is 22.2 Å². The van der Waals surface area contributed by atoms with Crippen molar-refractivity contribution in [1.29, 1.82) is 0 Å². The van der Waals surface area contributed by atoms with Crippen molar-refractivity contribution < 1.29 is 9.53 Å². The van der Waals surface area contributed by atoms with Gasteiger partial charge in [-0.1, -0.05) is 23.5 Å². The Labute approximate surface area is 117 Å². The van der Waals surface area contributed by atoms with Gasteiger partial charge in [0.25, 0.3) is 5.91 Å². The zero-order valence-electron chi connectivity index (χ0n) is 9.64. The average molecular weight is 327 g/mol. The maximum absolute atomic E-state index is 12.1. The van der Waals surface area contributed by atoms with Gasteiger partial charge in [-0.25, -0.2) is 4.98 Å². The molecule has 94 valence electrons. The molecule has 0 fully saturated rings. The zero-order chi connectivity index (χ0) is 13.0. The molecule has 0 saturated heterocycles. The van der Waals surface area contributed by atoms with Gasteiger partial charge < -0.3 is 4.74 Å². The standard InChI is InChI=1S/C12H11BrN2O2S/c1-2-17-9-6-4-3-5-8(9)11(16)15-12-14-7-10(13)18-12/h3-7H,2H2,1H3,(H,14,15,16). The van der Waals surface area contributed by atoms with E-state index in [4.69, 9.17) is 4.74 Å². The highest BCUT2D eigenvalue weighted by Crippen LogP contribution is 2.25. The lowest BCUT2D eigenvalue weighted by atomic mass is 10.2. The Bertz CT molecular complexity index is 557. The first-order valence-electron chi connectivity index (χ1n) is 5.35. The molecule has 0 radical (unpaired) electrons. The third-order valence-electron chi connectivity index (χ3n) is 2.13. The Balaban J connectivity index is 2.18. The van der Waals surface area contributed by atoms with Crippen LogP contribution in [0, 0.1) is 0 Å². The number of rotatable bonds is 4. The molecule has 0 unspecified atom stereocenters. The molecule has 1 N–H and O–H groups in total. The van der Waals surface area contributed by atoms with Crippen LogP contribution in [0.25, 0.3) is 0 Å². The normalized spacial score (nSPS) is 10.1. The Morgan fingerprint density at radius 2 is 2.28 bits per heavy atom. The van der Waals surface area contributed by atoms with Gasteiger partial charge in [0.1, 0.15) is 5.75 Å². The zero-order valence-corrected chi connectivity index (χ0v) is 12.0. The third-order valence-corrected chi connectivity index (χ3v) is 3.52. The van der Waals surface area contributed by atoms with E-state index in [0.29, 0.717) is 23.1 Å². The second-order valence-corrected chi connectivity index (χ2v) is 5.76. The van der Waals surface area contributed by atoms with Crippen molar-refractivity contribution in [3.63, 3.8) is 0 Å². The number of hydrogen-bond acceptors (Lipinski definition) is 4. The van der Waals surface area contributed by atoms with Gasteiger partial charge in [0.15, 0.2) is 5.13 Å². The first kappa shape index (κ1) is 13.0. The number of carbonyl (C=O) groups is 1. The minimum atomic E-state index is -0.221. The fourth-order valence-corrected chi connectivity index (χ4v) is 2.51. The van der Waals surface area contributed by atoms with Crippen LogP contribution in [0.2, 0.25) is 0 Å². The van der Waals surface area contributed by atoms with Crippen molar-refractivity contribution in [2.75, 3.05) is 11.9 Å². The Kier molecular flexibility index (Phi) is 4.33. The third kappa shape index (κ3) is 3.08. The molecule has 6 heteroatoms. The fraction of sp³-hybridized carbons (Fsp3) is 0.167. The molecule has 1 aromatic heterocycles. The van der Waals surface area contributed by atoms with Crippen LogP contribution in [0.4, 0.5) is 5.13 Å². The van der Waals surface area contributed by atoms with Gasteiger partial charge in [0.2, 0.25) is 0 Å². The summed E-state index contributed by atoms with van der Waals surface area (Å²) < 4.78 is 6.29. The number of hydrogen-bond donors (Lipinski definition) is 1. The molecule has 2 rings (SSSR count). The number of benzene rings is 1.